The minimum Gasteiger partial charge on any atom is -1.00 e. The third kappa shape index (κ3) is 26.6. The number of hydrogen-bond donors (Lipinski definition) is 0. The molecule has 0 aliphatic carbocycles. The molecule has 0 aromatic heterocycles. The van der Waals surface area contributed by atoms with Crippen molar-refractivity contribution in [2.75, 3.05) is 18.5 Å². The van der Waals surface area contributed by atoms with Gasteiger partial charge in [-0.3, -0.25) is 9.59 Å². The number of esters is 2. The van der Waals surface area contributed by atoms with Gasteiger partial charge in [0.25, 0.3) is 0 Å². The first-order valence-corrected chi connectivity index (χ1v) is 23.4. The van der Waals surface area contributed by atoms with Crippen LogP contribution in [0.2, 0.25) is 49.4 Å². The second-order valence-corrected chi connectivity index (χ2v) is 22.8. The summed E-state index contributed by atoms with van der Waals surface area (Å²) in [4.78, 5) is 54.4. The number of hydrogen-bond acceptors (Lipinski definition) is 10. The summed E-state index contributed by atoms with van der Waals surface area (Å²) < 4.78 is 9.55. The van der Waals surface area contributed by atoms with Gasteiger partial charge in [0, 0.05) is 5.92 Å². The molecule has 0 aromatic rings. The molecule has 2 rings (SSSR count). The van der Waals surface area contributed by atoms with Crippen LogP contribution in [0.1, 0.15) is 86.9 Å². The quantitative estimate of drug-likeness (QED) is 0.162. The van der Waals surface area contributed by atoms with Gasteiger partial charge in [0.05, 0.1) is 53.3 Å². The number of nitriles is 2. The monoisotopic (exact) mass is 754 g/mol. The van der Waals surface area contributed by atoms with Crippen LogP contribution in [0, 0.1) is 34.0 Å². The van der Waals surface area contributed by atoms with Gasteiger partial charge in [-0.2, -0.15) is 29.7 Å². The molecule has 10 nitrogen and oxygen atoms in total. The Morgan fingerprint density at radius 3 is 1.52 bits per heavy atom. The van der Waals surface area contributed by atoms with Crippen molar-refractivity contribution in [3.05, 3.63) is 0 Å². The fraction of sp³-hybridized carbons (Fsp3) is 0.812. The Balaban J connectivity index is -0.000000182. The Morgan fingerprint density at radius 2 is 1.22 bits per heavy atom. The Morgan fingerprint density at radius 1 is 0.804 bits per heavy atom. The van der Waals surface area contributed by atoms with Gasteiger partial charge in [0.1, 0.15) is 5.33 Å². The molecule has 2 unspecified atom stereocenters. The van der Waals surface area contributed by atoms with Crippen molar-refractivity contribution in [3.8, 4) is 12.1 Å². The zero-order chi connectivity index (χ0) is 35.2. The Bertz CT molecular complexity index is 963. The van der Waals surface area contributed by atoms with Crippen LogP contribution in [0.15, 0.2) is 0 Å². The van der Waals surface area contributed by atoms with Crippen molar-refractivity contribution in [1.82, 2.24) is 0 Å². The summed E-state index contributed by atoms with van der Waals surface area (Å²) in [5.41, 5.74) is -0.482. The Kier molecular flexibility index (Phi) is 36.0. The normalized spacial score (nSPS) is 17.0. The molecular weight excluding hydrogens is 699 g/mol. The minimum absolute atomic E-state index is 0. The number of carbonyl (C=O) groups excluding carboxylic acids is 6. The van der Waals surface area contributed by atoms with Crippen LogP contribution in [0.4, 0.5) is 0 Å². The number of alkyl halides is 1. The van der Waals surface area contributed by atoms with E-state index in [1.54, 1.807) is 6.92 Å². The molecule has 0 aromatic carbocycles. The summed E-state index contributed by atoms with van der Waals surface area (Å²) >= 11 is 2.94. The molecule has 46 heavy (non-hydrogen) atoms. The maximum absolute atomic E-state index is 11.8. The SMILES string of the molecule is CCC(C#N)C[Si]1(C)CCCCC1.CCOC(=O)CBr.CCOC(=O)CC(C#N)(CC)C[Si]1(C)CCCCC1.O=C=O.O=C=O.[H-].[Na+]. The molecule has 0 saturated carbocycles. The summed E-state index contributed by atoms with van der Waals surface area (Å²) in [6.45, 7) is 13.6. The van der Waals surface area contributed by atoms with Crippen LogP contribution < -0.4 is 29.6 Å². The molecule has 14 heteroatoms. The third-order valence-electron chi connectivity index (χ3n) is 8.42. The number of rotatable bonds is 11. The van der Waals surface area contributed by atoms with E-state index in [1.165, 1.54) is 68.7 Å². The molecular formula is C32H56BrN2NaO8Si2. The number of carbonyl (C=O) groups is 2. The Hall–Kier alpha value is -1.41. The summed E-state index contributed by atoms with van der Waals surface area (Å²) in [7, 11) is -2.30. The molecule has 2 saturated heterocycles. The largest absolute Gasteiger partial charge is 1.00 e. The molecule has 2 aliphatic heterocycles. The van der Waals surface area contributed by atoms with Gasteiger partial charge >= 0.3 is 53.8 Å². The first kappa shape index (κ1) is 51.4. The van der Waals surface area contributed by atoms with E-state index in [2.05, 4.69) is 52.8 Å². The van der Waals surface area contributed by atoms with E-state index in [0.717, 1.165) is 18.9 Å². The predicted octanol–water partition coefficient (Wildman–Crippen LogP) is 4.81. The maximum atomic E-state index is 11.8. The maximum Gasteiger partial charge on any atom is 1.00 e. The van der Waals surface area contributed by atoms with Crippen molar-refractivity contribution in [2.45, 2.75) is 135 Å². The second-order valence-electron chi connectivity index (χ2n) is 12.2. The van der Waals surface area contributed by atoms with Crippen LogP contribution in [-0.2, 0) is 38.2 Å². The summed E-state index contributed by atoms with van der Waals surface area (Å²) in [5, 5.41) is 18.8. The number of nitrogens with zero attached hydrogens (tertiary/aromatic N) is 2. The average Bonchev–Trinajstić information content (AvgIpc) is 3.01. The smallest absolute Gasteiger partial charge is 1.00 e. The molecule has 2 atom stereocenters. The molecule has 0 amide bonds. The van der Waals surface area contributed by atoms with E-state index in [1.807, 2.05) is 13.8 Å². The zero-order valence-electron chi connectivity index (χ0n) is 30.3. The standard InChI is InChI=1S/C15H27NO2Si.C11H21NSi.C4H7BrO2.2CO2.Na.H/c1-4-15(12-16,11-14(17)18-5-2)13-19(3)9-7-6-8-10-19;1-3-11(9-12)10-13(2)7-5-4-6-8-13;1-2-7-4(6)3-5;2*2-1-3;;/h4-11,13H2,1-3H3;11H,3-8,10H2,1-2H3;2-3H2,1H3;;;;/q;;;;;+1;-1. The molecule has 2 fully saturated rings. The van der Waals surface area contributed by atoms with Crippen molar-refractivity contribution in [1.29, 1.82) is 10.5 Å². The van der Waals surface area contributed by atoms with Crippen molar-refractivity contribution in [3.63, 3.8) is 0 Å². The molecule has 258 valence electrons. The van der Waals surface area contributed by atoms with Gasteiger partial charge in [-0.15, -0.1) is 0 Å². The van der Waals surface area contributed by atoms with E-state index >= 15 is 0 Å². The van der Waals surface area contributed by atoms with Gasteiger partial charge in [-0.05, 0) is 38.8 Å². The van der Waals surface area contributed by atoms with E-state index in [4.69, 9.17) is 29.2 Å². The zero-order valence-corrected chi connectivity index (χ0v) is 34.9. The number of halogens is 1. The molecule has 2 heterocycles. The molecule has 0 spiro atoms. The molecule has 0 N–H and O–H groups in total. The third-order valence-corrected chi connectivity index (χ3v) is 18.1. The summed E-state index contributed by atoms with van der Waals surface area (Å²) in [6, 6.07) is 12.7. The van der Waals surface area contributed by atoms with Crippen LogP contribution in [0.3, 0.4) is 0 Å². The van der Waals surface area contributed by atoms with E-state index in [-0.39, 0.29) is 61.6 Å². The van der Waals surface area contributed by atoms with E-state index < -0.39 is 21.6 Å². The molecule has 0 radical (unpaired) electrons. The van der Waals surface area contributed by atoms with Crippen LogP contribution in [0.5, 0.6) is 0 Å². The van der Waals surface area contributed by atoms with Gasteiger partial charge in [-0.25, -0.2) is 0 Å². The van der Waals surface area contributed by atoms with Gasteiger partial charge in [0.15, 0.2) is 0 Å². The van der Waals surface area contributed by atoms with Crippen molar-refractivity contribution < 1.29 is 69.2 Å². The average molecular weight is 756 g/mol. The van der Waals surface area contributed by atoms with Crippen LogP contribution >= 0.6 is 15.9 Å². The summed E-state index contributed by atoms with van der Waals surface area (Å²) in [6.07, 6.45) is 10.9. The summed E-state index contributed by atoms with van der Waals surface area (Å²) in [5.74, 6) is -0.0587. The molecule has 0 bridgehead atoms. The van der Waals surface area contributed by atoms with Crippen molar-refractivity contribution in [2.24, 2.45) is 11.3 Å². The van der Waals surface area contributed by atoms with E-state index in [0.29, 0.717) is 24.5 Å². The predicted molar refractivity (Wildman–Crippen MR) is 180 cm³/mol. The fourth-order valence-electron chi connectivity index (χ4n) is 6.04. The van der Waals surface area contributed by atoms with Crippen LogP contribution in [0.25, 0.3) is 0 Å². The molecule has 2 aliphatic rings. The van der Waals surface area contributed by atoms with Crippen molar-refractivity contribution >= 4 is 56.3 Å². The van der Waals surface area contributed by atoms with Gasteiger partial charge in [0.2, 0.25) is 0 Å². The first-order chi connectivity index (χ1) is 21.3. The van der Waals surface area contributed by atoms with Crippen LogP contribution in [-0.4, -0.2) is 58.9 Å². The van der Waals surface area contributed by atoms with E-state index in [9.17, 15) is 14.9 Å². The topological polar surface area (TPSA) is 168 Å². The second kappa shape index (κ2) is 32.2. The van der Waals surface area contributed by atoms with Gasteiger partial charge < -0.3 is 10.9 Å². The number of ether oxygens (including phenoxy) is 2. The minimum atomic E-state index is -1.33. The first-order valence-electron chi connectivity index (χ1n) is 16.0. The van der Waals surface area contributed by atoms with Gasteiger partial charge in [-0.1, -0.05) is 106 Å². The Labute approximate surface area is 311 Å². The fourth-order valence-corrected chi connectivity index (χ4v) is 15.5.